The molecule has 1 atom stereocenters. The van der Waals surface area contributed by atoms with Gasteiger partial charge in [0.2, 0.25) is 0 Å². The van der Waals surface area contributed by atoms with E-state index in [2.05, 4.69) is 38.7 Å². The summed E-state index contributed by atoms with van der Waals surface area (Å²) in [5, 5.41) is 12.2. The highest BCUT2D eigenvalue weighted by Gasteiger charge is 2.21. The Balaban J connectivity index is 1.69. The van der Waals surface area contributed by atoms with E-state index in [0.29, 0.717) is 12.8 Å². The zero-order chi connectivity index (χ0) is 21.8. The van der Waals surface area contributed by atoms with Crippen molar-refractivity contribution in [2.75, 3.05) is 0 Å². The first-order valence-electron chi connectivity index (χ1n) is 10.3. The summed E-state index contributed by atoms with van der Waals surface area (Å²) >= 11 is 5.23. The number of halogens is 2. The number of hydrogen-bond donors (Lipinski definition) is 0. The molecule has 0 N–H and O–H groups in total. The van der Waals surface area contributed by atoms with Crippen LogP contribution in [-0.4, -0.2) is 14.4 Å². The van der Waals surface area contributed by atoms with E-state index in [4.69, 9.17) is 15.2 Å². The quantitative estimate of drug-likeness (QED) is 0.323. The van der Waals surface area contributed by atoms with Crippen molar-refractivity contribution in [3.63, 3.8) is 0 Å². The number of nitriles is 1. The van der Waals surface area contributed by atoms with Crippen LogP contribution in [0.1, 0.15) is 60.6 Å². The standard InChI is InChI=1S/C24H22BrFN4S/c1-2-4-17(24-29-21(15-31-24)16-6-9-19(26)10-7-16)13-22-20(5-3-12-27)28-23-11-8-18(25)14-30(22)23/h3,5-6,8-9,11,14-15,17H,2,4,7,10,13H2,1H3/b5-3+. The Bertz CT molecular complexity index is 1230. The van der Waals surface area contributed by atoms with E-state index < -0.39 is 0 Å². The van der Waals surface area contributed by atoms with E-state index in [0.717, 1.165) is 57.0 Å². The number of fused-ring (bicyclic) bond motifs is 1. The molecule has 0 spiro atoms. The van der Waals surface area contributed by atoms with Gasteiger partial charge >= 0.3 is 0 Å². The normalized spacial score (nSPS) is 15.2. The largest absolute Gasteiger partial charge is 0.302 e. The van der Waals surface area contributed by atoms with E-state index >= 15 is 0 Å². The highest BCUT2D eigenvalue weighted by atomic mass is 79.9. The lowest BCUT2D eigenvalue weighted by atomic mass is 9.97. The van der Waals surface area contributed by atoms with Crippen LogP contribution in [-0.2, 0) is 6.42 Å². The zero-order valence-electron chi connectivity index (χ0n) is 17.2. The molecule has 1 aliphatic carbocycles. The molecular formula is C24H22BrFN4S. The van der Waals surface area contributed by atoms with Gasteiger partial charge in [0.1, 0.15) is 11.5 Å². The van der Waals surface area contributed by atoms with Crippen LogP contribution in [0.4, 0.5) is 4.39 Å². The molecule has 0 radical (unpaired) electrons. The maximum absolute atomic E-state index is 13.4. The molecule has 0 saturated heterocycles. The number of allylic oxidation sites excluding steroid dienone is 5. The third-order valence-corrected chi connectivity index (χ3v) is 6.88. The van der Waals surface area contributed by atoms with Crippen LogP contribution in [0.5, 0.6) is 0 Å². The SMILES string of the molecule is CCCC(Cc1c(/C=C/C#N)nc2ccc(Br)cn12)c1nc(C2=CC=C(F)CC2)cs1. The van der Waals surface area contributed by atoms with Gasteiger partial charge in [-0.3, -0.25) is 0 Å². The first-order valence-corrected chi connectivity index (χ1v) is 12.0. The average molecular weight is 497 g/mol. The van der Waals surface area contributed by atoms with Crippen LogP contribution in [0.2, 0.25) is 0 Å². The van der Waals surface area contributed by atoms with Crippen LogP contribution in [0.15, 0.2) is 52.2 Å². The first-order chi connectivity index (χ1) is 15.1. The molecule has 4 nitrogen and oxygen atoms in total. The summed E-state index contributed by atoms with van der Waals surface area (Å²) < 4.78 is 16.4. The van der Waals surface area contributed by atoms with Crippen molar-refractivity contribution in [3.8, 4) is 6.07 Å². The third-order valence-electron chi connectivity index (χ3n) is 5.40. The highest BCUT2D eigenvalue weighted by Crippen LogP contribution is 2.34. The fourth-order valence-corrected chi connectivity index (χ4v) is 5.20. The van der Waals surface area contributed by atoms with Gasteiger partial charge < -0.3 is 4.40 Å². The molecule has 4 rings (SSSR count). The van der Waals surface area contributed by atoms with Crippen molar-refractivity contribution < 1.29 is 4.39 Å². The van der Waals surface area contributed by atoms with Gasteiger partial charge in [0.15, 0.2) is 0 Å². The predicted molar refractivity (Wildman–Crippen MR) is 127 cm³/mol. The lowest BCUT2D eigenvalue weighted by Crippen LogP contribution is -2.06. The summed E-state index contributed by atoms with van der Waals surface area (Å²) in [5.41, 5.74) is 4.78. The molecule has 0 amide bonds. The lowest BCUT2D eigenvalue weighted by Gasteiger charge is -2.14. The zero-order valence-corrected chi connectivity index (χ0v) is 19.6. The second-order valence-electron chi connectivity index (χ2n) is 7.55. The minimum atomic E-state index is -0.0696. The van der Waals surface area contributed by atoms with E-state index in [1.54, 1.807) is 23.5 Å². The van der Waals surface area contributed by atoms with Gasteiger partial charge in [-0.2, -0.15) is 5.26 Å². The Morgan fingerprint density at radius 3 is 2.94 bits per heavy atom. The van der Waals surface area contributed by atoms with Gasteiger partial charge in [0.05, 0.1) is 28.2 Å². The second kappa shape index (κ2) is 9.71. The van der Waals surface area contributed by atoms with Gasteiger partial charge in [-0.05, 0) is 65.1 Å². The fourth-order valence-electron chi connectivity index (χ4n) is 3.88. The number of imidazole rings is 1. The van der Waals surface area contributed by atoms with Crippen LogP contribution in [0.3, 0.4) is 0 Å². The van der Waals surface area contributed by atoms with E-state index in [-0.39, 0.29) is 11.7 Å². The van der Waals surface area contributed by atoms with Gasteiger partial charge in [-0.1, -0.05) is 19.4 Å². The lowest BCUT2D eigenvalue weighted by molar-refractivity contribution is 0.589. The van der Waals surface area contributed by atoms with E-state index in [1.807, 2.05) is 24.4 Å². The second-order valence-corrected chi connectivity index (χ2v) is 9.35. The molecule has 1 unspecified atom stereocenters. The maximum atomic E-state index is 13.4. The number of rotatable bonds is 7. The number of pyridine rings is 1. The molecule has 0 bridgehead atoms. The van der Waals surface area contributed by atoms with Crippen LogP contribution in [0, 0.1) is 11.3 Å². The summed E-state index contributed by atoms with van der Waals surface area (Å²) in [5.74, 6) is 0.174. The Morgan fingerprint density at radius 2 is 2.19 bits per heavy atom. The number of aromatic nitrogens is 3. The van der Waals surface area contributed by atoms with Gasteiger partial charge in [0.25, 0.3) is 0 Å². The summed E-state index contributed by atoms with van der Waals surface area (Å²) in [6.45, 7) is 2.18. The van der Waals surface area contributed by atoms with Gasteiger partial charge in [-0.15, -0.1) is 11.3 Å². The first kappa shape index (κ1) is 21.7. The third kappa shape index (κ3) is 4.86. The van der Waals surface area contributed by atoms with Crippen LogP contribution in [0.25, 0.3) is 17.3 Å². The summed E-state index contributed by atoms with van der Waals surface area (Å²) in [4.78, 5) is 9.66. The molecular weight excluding hydrogens is 475 g/mol. The predicted octanol–water partition coefficient (Wildman–Crippen LogP) is 7.25. The number of hydrogen-bond acceptors (Lipinski definition) is 4. The molecule has 3 aromatic rings. The van der Waals surface area contributed by atoms with Crippen molar-refractivity contribution in [3.05, 3.63) is 74.3 Å². The molecule has 0 aromatic carbocycles. The Kier molecular flexibility index (Phi) is 6.79. The van der Waals surface area contributed by atoms with Crippen molar-refractivity contribution >= 4 is 44.6 Å². The minimum Gasteiger partial charge on any atom is -0.302 e. The van der Waals surface area contributed by atoms with Crippen molar-refractivity contribution in [2.24, 2.45) is 0 Å². The van der Waals surface area contributed by atoms with Crippen molar-refractivity contribution in [1.29, 1.82) is 5.26 Å². The molecule has 7 heteroatoms. The van der Waals surface area contributed by atoms with Crippen molar-refractivity contribution in [2.45, 2.75) is 44.9 Å². The molecule has 3 aromatic heterocycles. The molecule has 3 heterocycles. The monoisotopic (exact) mass is 496 g/mol. The van der Waals surface area contributed by atoms with E-state index in [9.17, 15) is 4.39 Å². The maximum Gasteiger partial charge on any atom is 0.137 e. The number of nitrogens with zero attached hydrogens (tertiary/aromatic N) is 4. The molecule has 0 aliphatic heterocycles. The highest BCUT2D eigenvalue weighted by molar-refractivity contribution is 9.10. The fraction of sp³-hybridized carbons (Fsp3) is 0.292. The summed E-state index contributed by atoms with van der Waals surface area (Å²) in [7, 11) is 0. The van der Waals surface area contributed by atoms with E-state index in [1.165, 1.54) is 6.08 Å². The Labute approximate surface area is 193 Å². The smallest absolute Gasteiger partial charge is 0.137 e. The van der Waals surface area contributed by atoms with Crippen molar-refractivity contribution in [1.82, 2.24) is 14.4 Å². The Morgan fingerprint density at radius 1 is 1.32 bits per heavy atom. The van der Waals surface area contributed by atoms with Gasteiger partial charge in [-0.25, -0.2) is 14.4 Å². The summed E-state index contributed by atoms with van der Waals surface area (Å²) in [6, 6.07) is 6.00. The van der Waals surface area contributed by atoms with Crippen LogP contribution >= 0.6 is 27.3 Å². The van der Waals surface area contributed by atoms with Gasteiger partial charge in [0, 0.05) is 34.5 Å². The minimum absolute atomic E-state index is 0.0696. The molecule has 0 fully saturated rings. The molecule has 0 saturated carbocycles. The summed E-state index contributed by atoms with van der Waals surface area (Å²) in [6.07, 6.45) is 12.6. The average Bonchev–Trinajstić information content (AvgIpc) is 3.38. The Hall–Kier alpha value is -2.56. The molecule has 1 aliphatic rings. The molecule has 31 heavy (non-hydrogen) atoms. The van der Waals surface area contributed by atoms with Crippen LogP contribution < -0.4 is 0 Å². The molecule has 158 valence electrons. The topological polar surface area (TPSA) is 54.0 Å². The number of thiazole rings is 1.